The third kappa shape index (κ3) is 5.25. The Hall–Kier alpha value is -1.78. The molecule has 0 spiro atoms. The van der Waals surface area contributed by atoms with Gasteiger partial charge in [-0.25, -0.2) is 0 Å². The zero-order valence-corrected chi connectivity index (χ0v) is 13.4. The lowest BCUT2D eigenvalue weighted by Crippen LogP contribution is -3.00. The summed E-state index contributed by atoms with van der Waals surface area (Å²) < 4.78 is 1.83. The van der Waals surface area contributed by atoms with Crippen LogP contribution in [0.15, 0.2) is 48.8 Å². The highest BCUT2D eigenvalue weighted by Crippen LogP contribution is 2.13. The Morgan fingerprint density at radius 1 is 1.14 bits per heavy atom. The molecular formula is C15H17Cl2N3O. The predicted molar refractivity (Wildman–Crippen MR) is 81.0 cm³/mol. The zero-order chi connectivity index (χ0) is 14.5. The van der Waals surface area contributed by atoms with Crippen LogP contribution in [0.2, 0.25) is 5.02 Å². The van der Waals surface area contributed by atoms with Gasteiger partial charge in [-0.1, -0.05) is 11.6 Å². The Morgan fingerprint density at radius 2 is 1.71 bits per heavy atom. The van der Waals surface area contributed by atoms with Gasteiger partial charge >= 0.3 is 0 Å². The monoisotopic (exact) mass is 325 g/mol. The van der Waals surface area contributed by atoms with Crippen LogP contribution in [0.5, 0.6) is 0 Å². The molecule has 4 nitrogen and oxygen atoms in total. The van der Waals surface area contributed by atoms with E-state index in [1.165, 1.54) is 0 Å². The van der Waals surface area contributed by atoms with Crippen LogP contribution in [0, 0.1) is 0 Å². The highest BCUT2D eigenvalue weighted by molar-refractivity contribution is 6.30. The van der Waals surface area contributed by atoms with E-state index in [-0.39, 0.29) is 24.9 Å². The fourth-order valence-corrected chi connectivity index (χ4v) is 1.88. The van der Waals surface area contributed by atoms with Crippen LogP contribution < -0.4 is 27.2 Å². The maximum Gasteiger partial charge on any atom is 0.290 e. The van der Waals surface area contributed by atoms with Gasteiger partial charge in [0.1, 0.15) is 0 Å². The zero-order valence-electron chi connectivity index (χ0n) is 11.9. The third-order valence-corrected chi connectivity index (χ3v) is 3.10. The van der Waals surface area contributed by atoms with Gasteiger partial charge in [-0.05, 0) is 24.3 Å². The van der Waals surface area contributed by atoms with Crippen molar-refractivity contribution in [2.75, 3.05) is 24.3 Å². The summed E-state index contributed by atoms with van der Waals surface area (Å²) >= 11 is 5.80. The highest BCUT2D eigenvalue weighted by atomic mass is 35.5. The van der Waals surface area contributed by atoms with Crippen molar-refractivity contribution in [1.82, 2.24) is 0 Å². The number of amides is 1. The van der Waals surface area contributed by atoms with E-state index in [4.69, 9.17) is 11.6 Å². The number of nitrogens with one attached hydrogen (secondary N) is 1. The van der Waals surface area contributed by atoms with E-state index in [1.807, 2.05) is 48.1 Å². The molecule has 0 atom stereocenters. The number of hydrogen-bond acceptors (Lipinski definition) is 2. The number of pyridine rings is 1. The minimum atomic E-state index is -0.0741. The van der Waals surface area contributed by atoms with Gasteiger partial charge in [0.05, 0.1) is 0 Å². The lowest BCUT2D eigenvalue weighted by atomic mass is 10.3. The number of rotatable bonds is 4. The second kappa shape index (κ2) is 7.86. The normalized spacial score (nSPS) is 9.67. The van der Waals surface area contributed by atoms with Crippen molar-refractivity contribution < 1.29 is 21.8 Å². The van der Waals surface area contributed by atoms with E-state index in [2.05, 4.69) is 5.32 Å². The number of hydrogen-bond donors (Lipinski definition) is 1. The number of nitrogens with zero attached hydrogens (tertiary/aromatic N) is 2. The van der Waals surface area contributed by atoms with Crippen LogP contribution in [0.25, 0.3) is 0 Å². The van der Waals surface area contributed by atoms with Crippen LogP contribution in [-0.2, 0) is 11.3 Å². The molecule has 0 fully saturated rings. The van der Waals surface area contributed by atoms with Gasteiger partial charge in [0.15, 0.2) is 12.4 Å². The lowest BCUT2D eigenvalue weighted by Gasteiger charge is -2.10. The molecule has 21 heavy (non-hydrogen) atoms. The molecular weight excluding hydrogens is 309 g/mol. The van der Waals surface area contributed by atoms with Crippen molar-refractivity contribution in [3.05, 3.63) is 53.8 Å². The first-order chi connectivity index (χ1) is 9.54. The average molecular weight is 326 g/mol. The molecule has 0 saturated carbocycles. The van der Waals surface area contributed by atoms with Gasteiger partial charge in [-0.2, -0.15) is 4.57 Å². The molecule has 0 aliphatic carbocycles. The first kappa shape index (κ1) is 17.3. The molecule has 1 amide bonds. The number of halogens is 2. The Kier molecular flexibility index (Phi) is 6.46. The molecule has 0 radical (unpaired) electrons. The molecule has 1 N–H and O–H groups in total. The predicted octanol–water partition coefficient (Wildman–Crippen LogP) is -0.664. The molecule has 112 valence electrons. The summed E-state index contributed by atoms with van der Waals surface area (Å²) in [6.45, 7) is 0.274. The Balaban J connectivity index is 0.00000220. The average Bonchev–Trinajstić information content (AvgIpc) is 2.42. The van der Waals surface area contributed by atoms with Gasteiger partial charge in [0.2, 0.25) is 6.54 Å². The second-order valence-corrected chi connectivity index (χ2v) is 5.11. The molecule has 2 aromatic rings. The first-order valence-corrected chi connectivity index (χ1v) is 6.64. The molecule has 0 saturated heterocycles. The van der Waals surface area contributed by atoms with Crippen molar-refractivity contribution in [2.45, 2.75) is 6.54 Å². The van der Waals surface area contributed by atoms with E-state index in [0.717, 1.165) is 11.4 Å². The molecule has 1 aromatic heterocycles. The van der Waals surface area contributed by atoms with Crippen LogP contribution in [0.4, 0.5) is 11.4 Å². The van der Waals surface area contributed by atoms with Gasteiger partial charge in [0.25, 0.3) is 5.91 Å². The van der Waals surface area contributed by atoms with Crippen molar-refractivity contribution in [3.63, 3.8) is 0 Å². The highest BCUT2D eigenvalue weighted by Gasteiger charge is 2.09. The fourth-order valence-electron chi connectivity index (χ4n) is 1.75. The summed E-state index contributed by atoms with van der Waals surface area (Å²) in [6, 6.07) is 11.0. The summed E-state index contributed by atoms with van der Waals surface area (Å²) in [5.74, 6) is -0.0741. The molecule has 6 heteroatoms. The van der Waals surface area contributed by atoms with Gasteiger partial charge in [0, 0.05) is 42.6 Å². The molecule has 1 aromatic carbocycles. The van der Waals surface area contributed by atoms with Crippen LogP contribution in [0.1, 0.15) is 0 Å². The number of carbonyl (C=O) groups excluding carboxylic acids is 1. The Bertz CT molecular complexity index is 583. The standard InChI is InChI=1S/C15H16ClN3O.ClH/c1-18(2)14-7-9-19(10-8-14)11-15(20)17-13-5-3-12(16)4-6-13;/h3-10H,11H2,1-2H3;1H. The van der Waals surface area contributed by atoms with Crippen LogP contribution in [-0.4, -0.2) is 20.0 Å². The van der Waals surface area contributed by atoms with Gasteiger partial charge < -0.3 is 22.6 Å². The van der Waals surface area contributed by atoms with Crippen molar-refractivity contribution in [2.24, 2.45) is 0 Å². The minimum absolute atomic E-state index is 0. The van der Waals surface area contributed by atoms with Gasteiger partial charge in [-0.3, -0.25) is 4.79 Å². The maximum atomic E-state index is 11.9. The SMILES string of the molecule is CN(C)c1cc[n+](CC(=O)Nc2ccc(Cl)cc2)cc1.[Cl-]. The molecule has 0 unspecified atom stereocenters. The molecule has 1 heterocycles. The summed E-state index contributed by atoms with van der Waals surface area (Å²) in [4.78, 5) is 13.9. The number of carbonyl (C=O) groups is 1. The van der Waals surface area contributed by atoms with Crippen molar-refractivity contribution >= 4 is 28.9 Å². The number of aromatic nitrogens is 1. The summed E-state index contributed by atoms with van der Waals surface area (Å²) in [6.07, 6.45) is 3.77. The van der Waals surface area contributed by atoms with E-state index < -0.39 is 0 Å². The summed E-state index contributed by atoms with van der Waals surface area (Å²) in [5.41, 5.74) is 1.84. The third-order valence-electron chi connectivity index (χ3n) is 2.84. The molecule has 0 aliphatic heterocycles. The fraction of sp³-hybridized carbons (Fsp3) is 0.200. The molecule has 0 bridgehead atoms. The number of benzene rings is 1. The van der Waals surface area contributed by atoms with Crippen LogP contribution in [0.3, 0.4) is 0 Å². The largest absolute Gasteiger partial charge is 1.00 e. The quantitative estimate of drug-likeness (QED) is 0.757. The smallest absolute Gasteiger partial charge is 0.290 e. The van der Waals surface area contributed by atoms with E-state index in [0.29, 0.717) is 5.02 Å². The van der Waals surface area contributed by atoms with E-state index >= 15 is 0 Å². The topological polar surface area (TPSA) is 36.2 Å². The lowest BCUT2D eigenvalue weighted by molar-refractivity contribution is -0.684. The van der Waals surface area contributed by atoms with E-state index in [1.54, 1.807) is 24.3 Å². The Labute approximate surface area is 135 Å². The second-order valence-electron chi connectivity index (χ2n) is 4.68. The van der Waals surface area contributed by atoms with Crippen LogP contribution >= 0.6 is 11.6 Å². The van der Waals surface area contributed by atoms with Gasteiger partial charge in [-0.15, -0.1) is 0 Å². The van der Waals surface area contributed by atoms with Crippen molar-refractivity contribution in [3.8, 4) is 0 Å². The molecule has 2 rings (SSSR count). The summed E-state index contributed by atoms with van der Waals surface area (Å²) in [7, 11) is 3.96. The summed E-state index contributed by atoms with van der Waals surface area (Å²) in [5, 5.41) is 3.48. The Morgan fingerprint density at radius 3 is 2.24 bits per heavy atom. The van der Waals surface area contributed by atoms with E-state index in [9.17, 15) is 4.79 Å². The van der Waals surface area contributed by atoms with Crippen molar-refractivity contribution in [1.29, 1.82) is 0 Å². The molecule has 0 aliphatic rings. The minimum Gasteiger partial charge on any atom is -1.00 e. The number of anilines is 2. The first-order valence-electron chi connectivity index (χ1n) is 6.26. The maximum absolute atomic E-state index is 11.9.